The molecule has 20 heavy (non-hydrogen) atoms. The van der Waals surface area contributed by atoms with E-state index in [0.29, 0.717) is 29.4 Å². The van der Waals surface area contributed by atoms with Crippen molar-refractivity contribution in [2.45, 2.75) is 32.7 Å². The Morgan fingerprint density at radius 1 is 1.35 bits per heavy atom. The average Bonchev–Trinajstić information content (AvgIpc) is 2.87. The standard InChI is InChI=1S/C14H19BrN4O/c1-9(2)6-11(16-3)7-13-18-14(19-20-13)12-5-4-10(15)8-17-12/h4-5,8-9,11,16H,6-7H2,1-3H3. The Morgan fingerprint density at radius 2 is 2.15 bits per heavy atom. The lowest BCUT2D eigenvalue weighted by molar-refractivity contribution is 0.345. The molecular formula is C14H19BrN4O. The highest BCUT2D eigenvalue weighted by molar-refractivity contribution is 9.10. The third kappa shape index (κ3) is 4.11. The smallest absolute Gasteiger partial charge is 0.228 e. The van der Waals surface area contributed by atoms with Crippen LogP contribution in [-0.4, -0.2) is 28.2 Å². The first-order valence-electron chi connectivity index (χ1n) is 6.70. The van der Waals surface area contributed by atoms with Gasteiger partial charge in [0.05, 0.1) is 0 Å². The molecular weight excluding hydrogens is 320 g/mol. The van der Waals surface area contributed by atoms with Crippen LogP contribution in [0.1, 0.15) is 26.2 Å². The Hall–Kier alpha value is -1.27. The van der Waals surface area contributed by atoms with Gasteiger partial charge >= 0.3 is 0 Å². The van der Waals surface area contributed by atoms with Gasteiger partial charge < -0.3 is 9.84 Å². The van der Waals surface area contributed by atoms with Crippen LogP contribution in [0.25, 0.3) is 11.5 Å². The molecule has 0 amide bonds. The minimum Gasteiger partial charge on any atom is -0.339 e. The molecule has 0 bridgehead atoms. The molecule has 6 heteroatoms. The minimum absolute atomic E-state index is 0.348. The number of halogens is 1. The van der Waals surface area contributed by atoms with Crippen molar-refractivity contribution in [3.63, 3.8) is 0 Å². The summed E-state index contributed by atoms with van der Waals surface area (Å²) in [4.78, 5) is 8.67. The Bertz CT molecular complexity index is 538. The molecule has 0 aliphatic heterocycles. The van der Waals surface area contributed by atoms with Gasteiger partial charge in [-0.2, -0.15) is 4.98 Å². The highest BCUT2D eigenvalue weighted by Crippen LogP contribution is 2.17. The van der Waals surface area contributed by atoms with Crippen molar-refractivity contribution in [2.75, 3.05) is 7.05 Å². The number of likely N-dealkylation sites (N-methyl/N-ethyl adjacent to an activating group) is 1. The Labute approximate surface area is 127 Å². The van der Waals surface area contributed by atoms with E-state index in [2.05, 4.69) is 50.2 Å². The Morgan fingerprint density at radius 3 is 2.75 bits per heavy atom. The van der Waals surface area contributed by atoms with Crippen LogP contribution in [0, 0.1) is 5.92 Å². The summed E-state index contributed by atoms with van der Waals surface area (Å²) >= 11 is 3.35. The van der Waals surface area contributed by atoms with E-state index in [1.165, 1.54) is 0 Å². The maximum atomic E-state index is 5.31. The zero-order valence-electron chi connectivity index (χ0n) is 11.9. The van der Waals surface area contributed by atoms with Crippen LogP contribution in [0.3, 0.4) is 0 Å². The molecule has 0 aliphatic rings. The van der Waals surface area contributed by atoms with E-state index >= 15 is 0 Å². The van der Waals surface area contributed by atoms with Gasteiger partial charge in [-0.1, -0.05) is 19.0 Å². The molecule has 5 nitrogen and oxygen atoms in total. The Kier molecular flexibility index (Phi) is 5.25. The highest BCUT2D eigenvalue weighted by Gasteiger charge is 2.15. The molecule has 2 heterocycles. The SMILES string of the molecule is CNC(Cc1nc(-c2ccc(Br)cn2)no1)CC(C)C. The predicted octanol–water partition coefficient (Wildman–Crippen LogP) is 3.07. The third-order valence-electron chi connectivity index (χ3n) is 3.01. The largest absolute Gasteiger partial charge is 0.339 e. The van der Waals surface area contributed by atoms with Gasteiger partial charge in [0.1, 0.15) is 5.69 Å². The van der Waals surface area contributed by atoms with Crippen molar-refractivity contribution >= 4 is 15.9 Å². The van der Waals surface area contributed by atoms with Crippen LogP contribution in [0.5, 0.6) is 0 Å². The number of hydrogen-bond donors (Lipinski definition) is 1. The van der Waals surface area contributed by atoms with Crippen LogP contribution < -0.4 is 5.32 Å². The summed E-state index contributed by atoms with van der Waals surface area (Å²) in [6, 6.07) is 4.12. The van der Waals surface area contributed by atoms with E-state index in [1.54, 1.807) is 6.20 Å². The normalized spacial score (nSPS) is 12.8. The van der Waals surface area contributed by atoms with E-state index < -0.39 is 0 Å². The van der Waals surface area contributed by atoms with E-state index in [0.717, 1.165) is 17.3 Å². The number of nitrogens with one attached hydrogen (secondary N) is 1. The van der Waals surface area contributed by atoms with E-state index in [-0.39, 0.29) is 0 Å². The van der Waals surface area contributed by atoms with Crippen LogP contribution >= 0.6 is 15.9 Å². The lowest BCUT2D eigenvalue weighted by atomic mass is 10.0. The van der Waals surface area contributed by atoms with Crippen LogP contribution in [0.2, 0.25) is 0 Å². The van der Waals surface area contributed by atoms with Crippen molar-refractivity contribution in [1.82, 2.24) is 20.4 Å². The summed E-state index contributed by atoms with van der Waals surface area (Å²) in [6.07, 6.45) is 3.53. The molecule has 0 aliphatic carbocycles. The van der Waals surface area contributed by atoms with Gasteiger partial charge in [0, 0.05) is 23.1 Å². The molecule has 0 fully saturated rings. The van der Waals surface area contributed by atoms with Crippen LogP contribution in [-0.2, 0) is 6.42 Å². The van der Waals surface area contributed by atoms with Crippen molar-refractivity contribution in [1.29, 1.82) is 0 Å². The summed E-state index contributed by atoms with van der Waals surface area (Å²) in [5.74, 6) is 1.81. The molecule has 0 spiro atoms. The average molecular weight is 339 g/mol. The van der Waals surface area contributed by atoms with Gasteiger partial charge in [0.15, 0.2) is 0 Å². The van der Waals surface area contributed by atoms with Gasteiger partial charge in [-0.15, -0.1) is 0 Å². The summed E-state index contributed by atoms with van der Waals surface area (Å²) in [7, 11) is 1.96. The molecule has 1 unspecified atom stereocenters. The predicted molar refractivity (Wildman–Crippen MR) is 81.2 cm³/mol. The maximum Gasteiger partial charge on any atom is 0.228 e. The van der Waals surface area contributed by atoms with Crippen LogP contribution in [0.15, 0.2) is 27.3 Å². The quantitative estimate of drug-likeness (QED) is 0.876. The highest BCUT2D eigenvalue weighted by atomic mass is 79.9. The first kappa shape index (κ1) is 15.1. The number of nitrogens with zero attached hydrogens (tertiary/aromatic N) is 3. The number of pyridine rings is 1. The van der Waals surface area contributed by atoms with Gasteiger partial charge in [-0.25, -0.2) is 0 Å². The zero-order valence-corrected chi connectivity index (χ0v) is 13.5. The zero-order chi connectivity index (χ0) is 14.5. The summed E-state index contributed by atoms with van der Waals surface area (Å²) in [5.41, 5.74) is 0.716. The molecule has 1 atom stereocenters. The lowest BCUT2D eigenvalue weighted by Gasteiger charge is -2.15. The fourth-order valence-electron chi connectivity index (χ4n) is 2.03. The first-order chi connectivity index (χ1) is 9.58. The topological polar surface area (TPSA) is 63.8 Å². The second kappa shape index (κ2) is 6.95. The number of aromatic nitrogens is 3. The second-order valence-electron chi connectivity index (χ2n) is 5.19. The Balaban J connectivity index is 2.06. The minimum atomic E-state index is 0.348. The van der Waals surface area contributed by atoms with Crippen LogP contribution in [0.4, 0.5) is 0 Å². The van der Waals surface area contributed by atoms with E-state index in [9.17, 15) is 0 Å². The van der Waals surface area contributed by atoms with Crippen molar-refractivity contribution < 1.29 is 4.52 Å². The fourth-order valence-corrected chi connectivity index (χ4v) is 2.27. The van der Waals surface area contributed by atoms with Gasteiger partial charge in [-0.05, 0) is 47.4 Å². The molecule has 0 saturated carbocycles. The van der Waals surface area contributed by atoms with E-state index in [1.807, 2.05) is 19.2 Å². The third-order valence-corrected chi connectivity index (χ3v) is 3.48. The fraction of sp³-hybridized carbons (Fsp3) is 0.500. The molecule has 0 saturated heterocycles. The summed E-state index contributed by atoms with van der Waals surface area (Å²) < 4.78 is 6.24. The van der Waals surface area contributed by atoms with Crippen molar-refractivity contribution in [3.05, 3.63) is 28.7 Å². The van der Waals surface area contributed by atoms with Gasteiger partial charge in [0.25, 0.3) is 0 Å². The summed E-state index contributed by atoms with van der Waals surface area (Å²) in [6.45, 7) is 4.41. The number of rotatable bonds is 6. The molecule has 2 aromatic heterocycles. The molecule has 0 aromatic carbocycles. The lowest BCUT2D eigenvalue weighted by Crippen LogP contribution is -2.29. The first-order valence-corrected chi connectivity index (χ1v) is 7.49. The maximum absolute atomic E-state index is 5.31. The number of hydrogen-bond acceptors (Lipinski definition) is 5. The monoisotopic (exact) mass is 338 g/mol. The van der Waals surface area contributed by atoms with Gasteiger partial charge in [-0.3, -0.25) is 4.98 Å². The molecule has 2 aromatic rings. The van der Waals surface area contributed by atoms with Crippen molar-refractivity contribution in [2.24, 2.45) is 5.92 Å². The van der Waals surface area contributed by atoms with Gasteiger partial charge in [0.2, 0.25) is 11.7 Å². The molecule has 0 radical (unpaired) electrons. The molecule has 108 valence electrons. The molecule has 2 rings (SSSR count). The van der Waals surface area contributed by atoms with Crippen molar-refractivity contribution in [3.8, 4) is 11.5 Å². The summed E-state index contributed by atoms with van der Waals surface area (Å²) in [5, 5.41) is 7.28. The second-order valence-corrected chi connectivity index (χ2v) is 6.11. The van der Waals surface area contributed by atoms with E-state index in [4.69, 9.17) is 4.52 Å². The molecule has 1 N–H and O–H groups in total.